The van der Waals surface area contributed by atoms with Gasteiger partial charge in [0, 0.05) is 55.7 Å². The summed E-state index contributed by atoms with van der Waals surface area (Å²) in [6.07, 6.45) is 12.2. The molecule has 176 valence electrons. The fraction of sp³-hybridized carbons (Fsp3) is 0.333. The first kappa shape index (κ1) is 23.6. The quantitative estimate of drug-likeness (QED) is 0.616. The molecule has 3 heterocycles. The van der Waals surface area contributed by atoms with Gasteiger partial charge in [0.15, 0.2) is 0 Å². The number of fused-ring (bicyclic) bond motifs is 1. The number of hydrogen-bond acceptors (Lipinski definition) is 5. The van der Waals surface area contributed by atoms with Gasteiger partial charge in [0.05, 0.1) is 5.56 Å². The number of carbonyl (C=O) groups is 2. The van der Waals surface area contributed by atoms with Crippen LogP contribution in [0, 0.1) is 0 Å². The van der Waals surface area contributed by atoms with Crippen molar-refractivity contribution in [3.05, 3.63) is 89.5 Å². The molecular formula is C27H31N5O2. The van der Waals surface area contributed by atoms with Crippen LogP contribution in [-0.2, 0) is 13.1 Å². The van der Waals surface area contributed by atoms with Crippen LogP contribution < -0.4 is 15.5 Å². The lowest BCUT2D eigenvalue weighted by atomic mass is 10.0. The van der Waals surface area contributed by atoms with E-state index in [1.165, 1.54) is 12.8 Å². The molecular weight excluding hydrogens is 426 g/mol. The van der Waals surface area contributed by atoms with Gasteiger partial charge < -0.3 is 15.5 Å². The molecule has 4 rings (SSSR count). The van der Waals surface area contributed by atoms with Gasteiger partial charge in [-0.2, -0.15) is 0 Å². The first-order valence-corrected chi connectivity index (χ1v) is 11.9. The number of aromatic nitrogens is 2. The summed E-state index contributed by atoms with van der Waals surface area (Å²) >= 11 is 0. The Hall–Kier alpha value is -3.58. The van der Waals surface area contributed by atoms with Crippen molar-refractivity contribution in [1.82, 2.24) is 20.6 Å². The summed E-state index contributed by atoms with van der Waals surface area (Å²) in [5.74, 6) is -0.219. The van der Waals surface area contributed by atoms with Crippen LogP contribution in [0.15, 0.2) is 67.3 Å². The van der Waals surface area contributed by atoms with Gasteiger partial charge in [-0.15, -0.1) is 0 Å². The molecule has 3 aromatic rings. The van der Waals surface area contributed by atoms with Crippen LogP contribution >= 0.6 is 0 Å². The first-order valence-electron chi connectivity index (χ1n) is 11.9. The molecule has 0 spiro atoms. The summed E-state index contributed by atoms with van der Waals surface area (Å²) in [5.41, 5.74) is 3.85. The number of hydrogen-bond donors (Lipinski definition) is 2. The molecule has 34 heavy (non-hydrogen) atoms. The van der Waals surface area contributed by atoms with Crippen molar-refractivity contribution in [1.29, 1.82) is 0 Å². The zero-order valence-electron chi connectivity index (χ0n) is 19.4. The minimum absolute atomic E-state index is 0.0693. The zero-order chi connectivity index (χ0) is 23.6. The molecule has 0 aliphatic carbocycles. The Morgan fingerprint density at radius 2 is 1.71 bits per heavy atom. The summed E-state index contributed by atoms with van der Waals surface area (Å²) in [5, 5.41) is 6.45. The largest absolute Gasteiger partial charge is 0.348 e. The average molecular weight is 458 g/mol. The summed E-state index contributed by atoms with van der Waals surface area (Å²) in [6.45, 7) is 2.55. The Balaban J connectivity index is 1.60. The van der Waals surface area contributed by atoms with E-state index in [9.17, 15) is 9.59 Å². The minimum atomic E-state index is -0.150. The van der Waals surface area contributed by atoms with Crippen molar-refractivity contribution in [2.45, 2.75) is 45.2 Å². The molecule has 2 amide bonds. The number of amides is 2. The Kier molecular flexibility index (Phi) is 8.35. The maximum Gasteiger partial charge on any atom is 0.259 e. The van der Waals surface area contributed by atoms with E-state index < -0.39 is 0 Å². The van der Waals surface area contributed by atoms with Crippen molar-refractivity contribution >= 4 is 17.5 Å². The van der Waals surface area contributed by atoms with Gasteiger partial charge in [0.1, 0.15) is 0 Å². The van der Waals surface area contributed by atoms with Crippen LogP contribution in [0.1, 0.15) is 63.9 Å². The van der Waals surface area contributed by atoms with Crippen molar-refractivity contribution < 1.29 is 9.59 Å². The number of benzene rings is 1. The third-order valence-corrected chi connectivity index (χ3v) is 6.01. The Morgan fingerprint density at radius 1 is 0.912 bits per heavy atom. The van der Waals surface area contributed by atoms with Crippen LogP contribution in [0.3, 0.4) is 0 Å². The minimum Gasteiger partial charge on any atom is -0.348 e. The van der Waals surface area contributed by atoms with Gasteiger partial charge in [0.2, 0.25) is 0 Å². The van der Waals surface area contributed by atoms with Gasteiger partial charge >= 0.3 is 0 Å². The number of nitrogens with zero attached hydrogens (tertiary/aromatic N) is 3. The number of pyridine rings is 2. The van der Waals surface area contributed by atoms with Crippen LogP contribution in [0.2, 0.25) is 0 Å². The predicted octanol–water partition coefficient (Wildman–Crippen LogP) is 4.11. The fourth-order valence-corrected chi connectivity index (χ4v) is 4.17. The molecule has 0 unspecified atom stereocenters. The van der Waals surface area contributed by atoms with Crippen molar-refractivity contribution in [3.63, 3.8) is 0 Å². The molecule has 0 saturated carbocycles. The van der Waals surface area contributed by atoms with E-state index in [2.05, 4.69) is 20.6 Å². The van der Waals surface area contributed by atoms with Crippen LogP contribution in [-0.4, -0.2) is 34.9 Å². The second-order valence-electron chi connectivity index (χ2n) is 8.53. The Bertz CT molecular complexity index is 1090. The van der Waals surface area contributed by atoms with E-state index in [0.717, 1.165) is 42.6 Å². The highest BCUT2D eigenvalue weighted by Gasteiger charge is 2.22. The molecule has 0 saturated heterocycles. The van der Waals surface area contributed by atoms with Gasteiger partial charge in [-0.1, -0.05) is 25.3 Å². The SMILES string of the molecule is O=C(NCc1cccnc1)c1ccc2c(c1)CNCCCCCCCN2C(=O)c1cccnc1. The van der Waals surface area contributed by atoms with Gasteiger partial charge in [-0.05, 0) is 66.9 Å². The van der Waals surface area contributed by atoms with Crippen molar-refractivity contribution in [2.24, 2.45) is 0 Å². The lowest BCUT2D eigenvalue weighted by Crippen LogP contribution is -2.34. The average Bonchev–Trinajstić information content (AvgIpc) is 2.88. The summed E-state index contributed by atoms with van der Waals surface area (Å²) in [6, 6.07) is 12.9. The standard InChI is InChI=1S/C27H31N5O2/c33-26(31-18-21-8-6-13-28-17-21)22-10-11-25-24(16-22)20-29-12-4-2-1-3-5-15-32(25)27(34)23-9-7-14-30-19-23/h6-11,13-14,16-17,19,29H,1-5,12,15,18,20H2,(H,31,33). The number of nitrogens with one attached hydrogen (secondary N) is 2. The Morgan fingerprint density at radius 3 is 2.50 bits per heavy atom. The molecule has 1 aliphatic rings. The zero-order valence-corrected chi connectivity index (χ0v) is 19.4. The lowest BCUT2D eigenvalue weighted by Gasteiger charge is -2.26. The maximum atomic E-state index is 13.4. The van der Waals surface area contributed by atoms with Gasteiger partial charge in [-0.3, -0.25) is 19.6 Å². The molecule has 1 aromatic carbocycles. The third kappa shape index (κ3) is 6.26. The predicted molar refractivity (Wildman–Crippen MR) is 133 cm³/mol. The molecule has 0 bridgehead atoms. The van der Waals surface area contributed by atoms with Gasteiger partial charge in [0.25, 0.3) is 11.8 Å². The van der Waals surface area contributed by atoms with E-state index >= 15 is 0 Å². The highest BCUT2D eigenvalue weighted by atomic mass is 16.2. The van der Waals surface area contributed by atoms with E-state index in [0.29, 0.717) is 30.8 Å². The normalized spacial score (nSPS) is 14.9. The maximum absolute atomic E-state index is 13.4. The third-order valence-electron chi connectivity index (χ3n) is 6.01. The summed E-state index contributed by atoms with van der Waals surface area (Å²) in [4.78, 5) is 36.4. The van der Waals surface area contributed by atoms with Crippen LogP contribution in [0.25, 0.3) is 0 Å². The molecule has 2 N–H and O–H groups in total. The van der Waals surface area contributed by atoms with Gasteiger partial charge in [-0.25, -0.2) is 0 Å². The number of anilines is 1. The molecule has 0 fully saturated rings. The molecule has 0 radical (unpaired) electrons. The van der Waals surface area contributed by atoms with E-state index in [1.54, 1.807) is 43.0 Å². The topological polar surface area (TPSA) is 87.2 Å². The van der Waals surface area contributed by atoms with Crippen LogP contribution in [0.5, 0.6) is 0 Å². The lowest BCUT2D eigenvalue weighted by molar-refractivity contribution is 0.0949. The van der Waals surface area contributed by atoms with E-state index in [4.69, 9.17) is 0 Å². The summed E-state index contributed by atoms with van der Waals surface area (Å²) < 4.78 is 0. The first-order chi connectivity index (χ1) is 16.7. The second kappa shape index (κ2) is 12.0. The number of rotatable bonds is 4. The van der Waals surface area contributed by atoms with Crippen molar-refractivity contribution in [3.8, 4) is 0 Å². The molecule has 0 atom stereocenters. The monoisotopic (exact) mass is 457 g/mol. The fourth-order valence-electron chi connectivity index (χ4n) is 4.17. The molecule has 7 nitrogen and oxygen atoms in total. The van der Waals surface area contributed by atoms with Crippen LogP contribution in [0.4, 0.5) is 5.69 Å². The molecule has 7 heteroatoms. The highest BCUT2D eigenvalue weighted by molar-refractivity contribution is 6.06. The molecule has 2 aromatic heterocycles. The Labute approximate surface area is 200 Å². The van der Waals surface area contributed by atoms with Crippen molar-refractivity contribution in [2.75, 3.05) is 18.0 Å². The number of carbonyl (C=O) groups excluding carboxylic acids is 2. The molecule has 1 aliphatic heterocycles. The second-order valence-corrected chi connectivity index (χ2v) is 8.53. The van der Waals surface area contributed by atoms with E-state index in [1.807, 2.05) is 29.2 Å². The van der Waals surface area contributed by atoms with E-state index in [-0.39, 0.29) is 11.8 Å². The smallest absolute Gasteiger partial charge is 0.259 e. The summed E-state index contributed by atoms with van der Waals surface area (Å²) in [7, 11) is 0. The highest BCUT2D eigenvalue weighted by Crippen LogP contribution is 2.26.